The van der Waals surface area contributed by atoms with Crippen LogP contribution in [0.3, 0.4) is 0 Å². The number of rotatable bonds is 1. The standard InChI is InChI=1S/C2O6.2Cr/c3-1(4,5)2(6,7)8;;/q-6;2*+3. The smallest absolute Gasteiger partial charge is 0.879 e. The summed E-state index contributed by atoms with van der Waals surface area (Å²) in [6.07, 6.45) is 0. The zero-order valence-electron chi connectivity index (χ0n) is 4.27. The molecular formula is C2Cr2O6. The molecule has 0 saturated carbocycles. The number of hydrogen-bond donors (Lipinski definition) is 0. The van der Waals surface area contributed by atoms with Gasteiger partial charge in [-0.25, -0.2) is 0 Å². The third kappa shape index (κ3) is 5.60. The van der Waals surface area contributed by atoms with Gasteiger partial charge in [0.15, 0.2) is 0 Å². The van der Waals surface area contributed by atoms with Crippen molar-refractivity contribution in [3.63, 3.8) is 0 Å². The predicted molar refractivity (Wildman–Crippen MR) is 5.46 cm³/mol. The van der Waals surface area contributed by atoms with E-state index in [4.69, 9.17) is 30.6 Å². The summed E-state index contributed by atoms with van der Waals surface area (Å²) in [5, 5.41) is 54.5. The van der Waals surface area contributed by atoms with Crippen LogP contribution in [0.1, 0.15) is 0 Å². The second-order valence-electron chi connectivity index (χ2n) is 1.11. The quantitative estimate of drug-likeness (QED) is 0.405. The summed E-state index contributed by atoms with van der Waals surface area (Å²) in [6, 6.07) is 0. The first kappa shape index (κ1) is 17.1. The van der Waals surface area contributed by atoms with Gasteiger partial charge in [-0.3, -0.25) is 0 Å². The summed E-state index contributed by atoms with van der Waals surface area (Å²) in [5.41, 5.74) is 0. The molecule has 0 amide bonds. The van der Waals surface area contributed by atoms with Crippen LogP contribution in [-0.4, -0.2) is 11.9 Å². The fourth-order valence-corrected chi connectivity index (χ4v) is 0. The SMILES string of the molecule is [Cr+3].[Cr+3].[O-]C([O-])([O-])C([O-])([O-])[O-]. The second-order valence-corrected chi connectivity index (χ2v) is 1.11. The van der Waals surface area contributed by atoms with Gasteiger partial charge in [0.1, 0.15) is 0 Å². The average molecular weight is 224 g/mol. The third-order valence-corrected chi connectivity index (χ3v) is 0.375. The maximum Gasteiger partial charge on any atom is 3.00 e. The van der Waals surface area contributed by atoms with E-state index in [1.54, 1.807) is 0 Å². The van der Waals surface area contributed by atoms with Crippen molar-refractivity contribution in [2.45, 2.75) is 11.9 Å². The molecule has 0 aliphatic rings. The van der Waals surface area contributed by atoms with Gasteiger partial charge in [0, 0.05) is 0 Å². The molecule has 0 aliphatic heterocycles. The first-order valence-corrected chi connectivity index (χ1v) is 1.47. The Morgan fingerprint density at radius 1 is 0.500 bits per heavy atom. The second kappa shape index (κ2) is 4.65. The summed E-state index contributed by atoms with van der Waals surface area (Å²) in [6.45, 7) is 0. The van der Waals surface area contributed by atoms with Crippen LogP contribution in [0.5, 0.6) is 0 Å². The van der Waals surface area contributed by atoms with Crippen LogP contribution in [0.2, 0.25) is 0 Å². The van der Waals surface area contributed by atoms with Gasteiger partial charge < -0.3 is 42.6 Å². The van der Waals surface area contributed by atoms with Crippen molar-refractivity contribution in [1.29, 1.82) is 0 Å². The van der Waals surface area contributed by atoms with Gasteiger partial charge in [0.2, 0.25) is 0 Å². The van der Waals surface area contributed by atoms with Crippen LogP contribution in [0, 0.1) is 0 Å². The molecule has 0 aliphatic carbocycles. The molecule has 56 valence electrons. The van der Waals surface area contributed by atoms with Gasteiger partial charge in [0.05, 0.1) is 0 Å². The Bertz CT molecular complexity index is 68.7. The van der Waals surface area contributed by atoms with Gasteiger partial charge in [-0.15, -0.1) is 0 Å². The van der Waals surface area contributed by atoms with Gasteiger partial charge in [0.25, 0.3) is 0 Å². The minimum Gasteiger partial charge on any atom is -0.879 e. The van der Waals surface area contributed by atoms with Gasteiger partial charge in [-0.05, 0) is 0 Å². The van der Waals surface area contributed by atoms with Gasteiger partial charge in [-0.1, -0.05) is 0 Å². The van der Waals surface area contributed by atoms with Crippen LogP contribution in [0.15, 0.2) is 0 Å². The molecule has 0 aromatic rings. The topological polar surface area (TPSA) is 138 Å². The van der Waals surface area contributed by atoms with Crippen molar-refractivity contribution in [2.24, 2.45) is 0 Å². The summed E-state index contributed by atoms with van der Waals surface area (Å²) < 4.78 is 0. The fraction of sp³-hybridized carbons (Fsp3) is 1.00. The maximum atomic E-state index is 9.08. The molecule has 0 bridgehead atoms. The molecular weight excluding hydrogens is 224 g/mol. The molecule has 6 nitrogen and oxygen atoms in total. The number of hydrogen-bond acceptors (Lipinski definition) is 6. The van der Waals surface area contributed by atoms with Crippen LogP contribution < -0.4 is 30.6 Å². The van der Waals surface area contributed by atoms with Crippen molar-refractivity contribution >= 4 is 0 Å². The van der Waals surface area contributed by atoms with Crippen LogP contribution in [0.25, 0.3) is 0 Å². The molecule has 2 radical (unpaired) electrons. The van der Waals surface area contributed by atoms with Crippen LogP contribution >= 0.6 is 0 Å². The summed E-state index contributed by atoms with van der Waals surface area (Å²) in [7, 11) is 0. The molecule has 0 aromatic carbocycles. The van der Waals surface area contributed by atoms with E-state index >= 15 is 0 Å². The zero-order valence-corrected chi connectivity index (χ0v) is 6.82. The van der Waals surface area contributed by atoms with Gasteiger partial charge >= 0.3 is 34.7 Å². The van der Waals surface area contributed by atoms with Gasteiger partial charge in [-0.2, -0.15) is 0 Å². The van der Waals surface area contributed by atoms with E-state index in [2.05, 4.69) is 0 Å². The normalized spacial score (nSPS) is 11.4. The molecule has 0 N–H and O–H groups in total. The van der Waals surface area contributed by atoms with E-state index in [9.17, 15) is 0 Å². The van der Waals surface area contributed by atoms with Crippen molar-refractivity contribution < 1.29 is 65.4 Å². The molecule has 0 aromatic heterocycles. The Morgan fingerprint density at radius 2 is 0.600 bits per heavy atom. The molecule has 0 unspecified atom stereocenters. The third-order valence-electron chi connectivity index (χ3n) is 0.375. The van der Waals surface area contributed by atoms with Crippen molar-refractivity contribution in [3.05, 3.63) is 0 Å². The Morgan fingerprint density at radius 3 is 0.600 bits per heavy atom. The molecule has 10 heavy (non-hydrogen) atoms. The first-order chi connectivity index (χ1) is 3.25. The predicted octanol–water partition coefficient (Wildman–Crippen LogP) is -7.55. The van der Waals surface area contributed by atoms with E-state index in [-0.39, 0.29) is 34.7 Å². The summed E-state index contributed by atoms with van der Waals surface area (Å²) in [4.78, 5) is 0. The first-order valence-electron chi connectivity index (χ1n) is 1.47. The van der Waals surface area contributed by atoms with Crippen LogP contribution in [-0.2, 0) is 34.7 Å². The van der Waals surface area contributed by atoms with E-state index in [1.165, 1.54) is 0 Å². The Balaban J connectivity index is -0.000000245. The molecule has 0 heterocycles. The molecule has 8 heteroatoms. The average Bonchev–Trinajstić information content (AvgIpc) is 1.25. The molecule has 0 saturated heterocycles. The van der Waals surface area contributed by atoms with Crippen molar-refractivity contribution in [1.82, 2.24) is 0 Å². The maximum absolute atomic E-state index is 9.08. The largest absolute Gasteiger partial charge is 3.00 e. The van der Waals surface area contributed by atoms with E-state index < -0.39 is 11.9 Å². The van der Waals surface area contributed by atoms with Crippen molar-refractivity contribution in [2.75, 3.05) is 0 Å². The van der Waals surface area contributed by atoms with Crippen LogP contribution in [0.4, 0.5) is 0 Å². The molecule has 0 rings (SSSR count). The Labute approximate surface area is 77.6 Å². The molecule has 0 atom stereocenters. The minimum atomic E-state index is -4.98. The Hall–Kier alpha value is 0.825. The fourth-order valence-electron chi connectivity index (χ4n) is 0. The summed E-state index contributed by atoms with van der Waals surface area (Å²) in [5.74, 6) is -9.96. The minimum absolute atomic E-state index is 0. The van der Waals surface area contributed by atoms with Crippen molar-refractivity contribution in [3.8, 4) is 0 Å². The molecule has 0 spiro atoms. The Kier molecular flexibility index (Phi) is 7.94. The molecule has 0 fully saturated rings. The zero-order chi connectivity index (χ0) is 7.00. The van der Waals surface area contributed by atoms with E-state index in [0.29, 0.717) is 0 Å². The van der Waals surface area contributed by atoms with E-state index in [0.717, 1.165) is 0 Å². The summed E-state index contributed by atoms with van der Waals surface area (Å²) >= 11 is 0. The monoisotopic (exact) mass is 224 g/mol. The van der Waals surface area contributed by atoms with E-state index in [1.807, 2.05) is 0 Å².